The van der Waals surface area contributed by atoms with Gasteiger partial charge in [-0.3, -0.25) is 4.79 Å². The highest BCUT2D eigenvalue weighted by Gasteiger charge is 2.00. The summed E-state index contributed by atoms with van der Waals surface area (Å²) in [6.45, 7) is 5.73. The number of nitrogens with one attached hydrogen (secondary N) is 1. The summed E-state index contributed by atoms with van der Waals surface area (Å²) in [6.07, 6.45) is 3.24. The summed E-state index contributed by atoms with van der Waals surface area (Å²) >= 11 is 0. The molecule has 0 aliphatic rings. The first-order chi connectivity index (χ1) is 5.66. The van der Waals surface area contributed by atoms with Crippen molar-refractivity contribution >= 4 is 5.91 Å². The van der Waals surface area contributed by atoms with Gasteiger partial charge in [-0.1, -0.05) is 6.08 Å². The first kappa shape index (κ1) is 11.2. The Morgan fingerprint density at radius 2 is 2.42 bits per heavy atom. The molecule has 0 radical (unpaired) electrons. The molecular weight excluding hydrogens is 154 g/mol. The minimum Gasteiger partial charge on any atom is -0.393 e. The minimum atomic E-state index is -0.308. The maximum atomic E-state index is 10.9. The van der Waals surface area contributed by atoms with Crippen molar-refractivity contribution in [3.8, 4) is 0 Å². The lowest BCUT2D eigenvalue weighted by molar-refractivity contribution is -0.121. The zero-order valence-electron chi connectivity index (χ0n) is 7.55. The number of carbonyl (C=O) groups excluding carboxylic acids is 1. The molecule has 3 nitrogen and oxygen atoms in total. The molecule has 1 amide bonds. The predicted octanol–water partition coefficient (Wildman–Crippen LogP) is 0.840. The van der Waals surface area contributed by atoms with E-state index in [0.29, 0.717) is 19.4 Å². The Balaban J connectivity index is 3.25. The SMILES string of the molecule is C=CCNC(=O)CCCC(C)O. The quantitative estimate of drug-likeness (QED) is 0.582. The maximum Gasteiger partial charge on any atom is 0.220 e. The third-order valence-electron chi connectivity index (χ3n) is 1.47. The second-order valence-corrected chi connectivity index (χ2v) is 2.83. The number of rotatable bonds is 6. The van der Waals surface area contributed by atoms with Crippen LogP contribution in [-0.4, -0.2) is 23.7 Å². The Bertz CT molecular complexity index is 143. The topological polar surface area (TPSA) is 49.3 Å². The van der Waals surface area contributed by atoms with Gasteiger partial charge in [0.2, 0.25) is 5.91 Å². The van der Waals surface area contributed by atoms with E-state index in [0.717, 1.165) is 6.42 Å². The number of carbonyl (C=O) groups is 1. The first-order valence-corrected chi connectivity index (χ1v) is 4.22. The van der Waals surface area contributed by atoms with Gasteiger partial charge in [0.1, 0.15) is 0 Å². The molecule has 0 aliphatic carbocycles. The number of amides is 1. The van der Waals surface area contributed by atoms with Crippen molar-refractivity contribution in [1.29, 1.82) is 0 Å². The van der Waals surface area contributed by atoms with E-state index in [1.54, 1.807) is 13.0 Å². The number of hydrogen-bond acceptors (Lipinski definition) is 2. The fourth-order valence-electron chi connectivity index (χ4n) is 0.832. The molecule has 0 bridgehead atoms. The lowest BCUT2D eigenvalue weighted by Crippen LogP contribution is -2.22. The zero-order valence-corrected chi connectivity index (χ0v) is 7.55. The molecule has 3 heteroatoms. The van der Waals surface area contributed by atoms with E-state index >= 15 is 0 Å². The van der Waals surface area contributed by atoms with Crippen LogP contribution >= 0.6 is 0 Å². The van der Waals surface area contributed by atoms with Gasteiger partial charge in [0, 0.05) is 13.0 Å². The van der Waals surface area contributed by atoms with Gasteiger partial charge in [-0.05, 0) is 19.8 Å². The van der Waals surface area contributed by atoms with E-state index in [1.807, 2.05) is 0 Å². The van der Waals surface area contributed by atoms with Crippen LogP contribution in [0.3, 0.4) is 0 Å². The monoisotopic (exact) mass is 171 g/mol. The molecule has 0 spiro atoms. The van der Waals surface area contributed by atoms with Crippen molar-refractivity contribution in [1.82, 2.24) is 5.32 Å². The van der Waals surface area contributed by atoms with Crippen molar-refractivity contribution in [3.05, 3.63) is 12.7 Å². The van der Waals surface area contributed by atoms with Crippen LogP contribution < -0.4 is 5.32 Å². The van der Waals surface area contributed by atoms with Crippen molar-refractivity contribution in [2.75, 3.05) is 6.54 Å². The third kappa shape index (κ3) is 7.28. The van der Waals surface area contributed by atoms with Gasteiger partial charge in [-0.2, -0.15) is 0 Å². The largest absolute Gasteiger partial charge is 0.393 e. The average Bonchev–Trinajstić information content (AvgIpc) is 2.00. The van der Waals surface area contributed by atoms with E-state index in [2.05, 4.69) is 11.9 Å². The van der Waals surface area contributed by atoms with Crippen LogP contribution in [0.5, 0.6) is 0 Å². The lowest BCUT2D eigenvalue weighted by Gasteiger charge is -2.03. The van der Waals surface area contributed by atoms with Gasteiger partial charge in [0.05, 0.1) is 6.10 Å². The van der Waals surface area contributed by atoms with Crippen molar-refractivity contribution in [2.45, 2.75) is 32.3 Å². The molecule has 0 heterocycles. The van der Waals surface area contributed by atoms with Crippen LogP contribution in [0.15, 0.2) is 12.7 Å². The highest BCUT2D eigenvalue weighted by molar-refractivity contribution is 5.75. The van der Waals surface area contributed by atoms with E-state index < -0.39 is 0 Å². The highest BCUT2D eigenvalue weighted by Crippen LogP contribution is 1.99. The van der Waals surface area contributed by atoms with E-state index in [9.17, 15) is 4.79 Å². The average molecular weight is 171 g/mol. The second kappa shape index (κ2) is 6.85. The molecule has 0 aromatic heterocycles. The van der Waals surface area contributed by atoms with Crippen molar-refractivity contribution < 1.29 is 9.90 Å². The van der Waals surface area contributed by atoms with Crippen LogP contribution in [0.1, 0.15) is 26.2 Å². The normalized spacial score (nSPS) is 12.2. The Kier molecular flexibility index (Phi) is 6.38. The Morgan fingerprint density at radius 1 is 1.75 bits per heavy atom. The fraction of sp³-hybridized carbons (Fsp3) is 0.667. The van der Waals surface area contributed by atoms with Gasteiger partial charge in [-0.25, -0.2) is 0 Å². The summed E-state index contributed by atoms with van der Waals surface area (Å²) < 4.78 is 0. The van der Waals surface area contributed by atoms with Gasteiger partial charge in [-0.15, -0.1) is 6.58 Å². The molecular formula is C9H17NO2. The standard InChI is InChI=1S/C9H17NO2/c1-3-7-10-9(12)6-4-5-8(2)11/h3,8,11H,1,4-7H2,2H3,(H,10,12). The number of aliphatic hydroxyl groups excluding tert-OH is 1. The Morgan fingerprint density at radius 3 is 2.92 bits per heavy atom. The molecule has 1 atom stereocenters. The molecule has 0 aliphatic heterocycles. The summed E-state index contributed by atoms with van der Waals surface area (Å²) in [6, 6.07) is 0. The molecule has 12 heavy (non-hydrogen) atoms. The van der Waals surface area contributed by atoms with Crippen LogP contribution in [0.25, 0.3) is 0 Å². The zero-order chi connectivity index (χ0) is 9.40. The predicted molar refractivity (Wildman–Crippen MR) is 48.7 cm³/mol. The van der Waals surface area contributed by atoms with Gasteiger partial charge in [0.25, 0.3) is 0 Å². The van der Waals surface area contributed by atoms with E-state index in [4.69, 9.17) is 5.11 Å². The van der Waals surface area contributed by atoms with E-state index in [-0.39, 0.29) is 12.0 Å². The Labute approximate surface area is 73.5 Å². The van der Waals surface area contributed by atoms with Crippen LogP contribution in [0.2, 0.25) is 0 Å². The second-order valence-electron chi connectivity index (χ2n) is 2.83. The first-order valence-electron chi connectivity index (χ1n) is 4.22. The molecule has 1 unspecified atom stereocenters. The molecule has 0 fully saturated rings. The van der Waals surface area contributed by atoms with Gasteiger partial charge in [0.15, 0.2) is 0 Å². The number of hydrogen-bond donors (Lipinski definition) is 2. The van der Waals surface area contributed by atoms with Crippen LogP contribution in [-0.2, 0) is 4.79 Å². The number of aliphatic hydroxyl groups is 1. The van der Waals surface area contributed by atoms with E-state index in [1.165, 1.54) is 0 Å². The van der Waals surface area contributed by atoms with Crippen LogP contribution in [0.4, 0.5) is 0 Å². The van der Waals surface area contributed by atoms with Gasteiger partial charge >= 0.3 is 0 Å². The fourth-order valence-corrected chi connectivity index (χ4v) is 0.832. The molecule has 0 rings (SSSR count). The smallest absolute Gasteiger partial charge is 0.220 e. The van der Waals surface area contributed by atoms with Crippen LogP contribution in [0, 0.1) is 0 Å². The summed E-state index contributed by atoms with van der Waals surface area (Å²) in [5, 5.41) is 11.6. The van der Waals surface area contributed by atoms with Crippen molar-refractivity contribution in [3.63, 3.8) is 0 Å². The molecule has 0 saturated heterocycles. The maximum absolute atomic E-state index is 10.9. The Hall–Kier alpha value is -0.830. The molecule has 0 aromatic rings. The van der Waals surface area contributed by atoms with Crippen molar-refractivity contribution in [2.24, 2.45) is 0 Å². The minimum absolute atomic E-state index is 0.0237. The summed E-state index contributed by atoms with van der Waals surface area (Å²) in [5.41, 5.74) is 0. The molecule has 70 valence electrons. The third-order valence-corrected chi connectivity index (χ3v) is 1.47. The highest BCUT2D eigenvalue weighted by atomic mass is 16.3. The summed E-state index contributed by atoms with van der Waals surface area (Å²) in [4.78, 5) is 10.9. The lowest BCUT2D eigenvalue weighted by atomic mass is 10.2. The summed E-state index contributed by atoms with van der Waals surface area (Å²) in [5.74, 6) is 0.0237. The summed E-state index contributed by atoms with van der Waals surface area (Å²) in [7, 11) is 0. The molecule has 0 saturated carbocycles. The molecule has 0 aromatic carbocycles. The van der Waals surface area contributed by atoms with Gasteiger partial charge < -0.3 is 10.4 Å². The molecule has 2 N–H and O–H groups in total.